The van der Waals surface area contributed by atoms with Crippen molar-refractivity contribution in [3.63, 3.8) is 0 Å². The largest absolute Gasteiger partial charge is 0.416 e. The topological polar surface area (TPSA) is 74.8 Å². The number of amides is 2. The van der Waals surface area contributed by atoms with Crippen molar-refractivity contribution in [1.29, 1.82) is 0 Å². The number of pyridine rings is 1. The summed E-state index contributed by atoms with van der Waals surface area (Å²) in [5.41, 5.74) is 0.862. The van der Waals surface area contributed by atoms with Crippen LogP contribution in [0.1, 0.15) is 46.3 Å². The third-order valence-electron chi connectivity index (χ3n) is 7.71. The van der Waals surface area contributed by atoms with Crippen molar-refractivity contribution < 1.29 is 27.5 Å². The lowest BCUT2D eigenvalue weighted by atomic mass is 9.96. The number of fused-ring (bicyclic) bond motifs is 1. The molecule has 0 spiro atoms. The summed E-state index contributed by atoms with van der Waals surface area (Å²) in [6.45, 7) is 3.19. The molecule has 7 nitrogen and oxygen atoms in total. The molecule has 0 radical (unpaired) electrons. The third-order valence-corrected chi connectivity index (χ3v) is 9.11. The predicted molar refractivity (Wildman–Crippen MR) is 142 cm³/mol. The van der Waals surface area contributed by atoms with Gasteiger partial charge < -0.3 is 15.0 Å². The Labute approximate surface area is 230 Å². The minimum Gasteiger partial charge on any atom is -0.381 e. The summed E-state index contributed by atoms with van der Waals surface area (Å²) < 4.78 is 45.3. The van der Waals surface area contributed by atoms with E-state index in [1.54, 1.807) is 18.0 Å². The molecule has 1 aromatic heterocycles. The highest BCUT2D eigenvalue weighted by atomic mass is 32.2. The van der Waals surface area contributed by atoms with Crippen molar-refractivity contribution in [3.05, 3.63) is 65.0 Å². The molecule has 2 unspecified atom stereocenters. The Kier molecular flexibility index (Phi) is 8.78. The van der Waals surface area contributed by atoms with E-state index in [0.717, 1.165) is 62.5 Å². The number of carbonyl (C=O) groups excluding carboxylic acids is 2. The molecule has 0 aliphatic carbocycles. The molecule has 2 fully saturated rings. The molecular weight excluding hydrogens is 529 g/mol. The van der Waals surface area contributed by atoms with Crippen molar-refractivity contribution in [2.75, 3.05) is 39.4 Å². The van der Waals surface area contributed by atoms with Crippen LogP contribution in [0.3, 0.4) is 0 Å². The Balaban J connectivity index is 1.24. The maximum absolute atomic E-state index is 13.2. The van der Waals surface area contributed by atoms with Crippen LogP contribution >= 0.6 is 11.8 Å². The summed E-state index contributed by atoms with van der Waals surface area (Å²) in [5, 5.41) is 3.31. The number of alkyl halides is 3. The molecule has 2 amide bonds. The number of hydrogen-bond acceptors (Lipinski definition) is 6. The molecule has 2 aromatic rings. The van der Waals surface area contributed by atoms with Gasteiger partial charge >= 0.3 is 6.18 Å². The summed E-state index contributed by atoms with van der Waals surface area (Å²) in [7, 11) is 0. The maximum atomic E-state index is 13.2. The van der Waals surface area contributed by atoms with E-state index in [2.05, 4.69) is 15.2 Å². The van der Waals surface area contributed by atoms with Gasteiger partial charge in [0, 0.05) is 67.8 Å². The first-order valence-corrected chi connectivity index (χ1v) is 14.4. The van der Waals surface area contributed by atoms with Crippen molar-refractivity contribution >= 4 is 23.6 Å². The Hall–Kier alpha value is -2.63. The molecule has 0 saturated carbocycles. The number of nitrogens with one attached hydrogen (secondary N) is 1. The molecule has 2 saturated heterocycles. The summed E-state index contributed by atoms with van der Waals surface area (Å²) in [6, 6.07) is 7.51. The van der Waals surface area contributed by atoms with Gasteiger partial charge in [-0.05, 0) is 55.0 Å². The number of nitrogens with zero attached hydrogens (tertiary/aromatic N) is 3. The van der Waals surface area contributed by atoms with Gasteiger partial charge in [0.1, 0.15) is 0 Å². The number of aromatic nitrogens is 1. The first-order valence-electron chi connectivity index (χ1n) is 13.4. The van der Waals surface area contributed by atoms with Gasteiger partial charge in [-0.15, -0.1) is 0 Å². The number of likely N-dealkylation sites (tertiary alicyclic amines) is 1. The van der Waals surface area contributed by atoms with E-state index in [1.807, 2.05) is 18.3 Å². The maximum Gasteiger partial charge on any atom is 0.416 e. The molecule has 210 valence electrons. The molecule has 4 heterocycles. The van der Waals surface area contributed by atoms with Crippen LogP contribution in [0.5, 0.6) is 0 Å². The lowest BCUT2D eigenvalue weighted by molar-refractivity contribution is -0.137. The fourth-order valence-electron chi connectivity index (χ4n) is 5.62. The van der Waals surface area contributed by atoms with Crippen LogP contribution in [0.15, 0.2) is 42.7 Å². The minimum atomic E-state index is -4.53. The molecule has 1 aromatic carbocycles. The van der Waals surface area contributed by atoms with Crippen LogP contribution in [0, 0.1) is 0 Å². The van der Waals surface area contributed by atoms with Crippen LogP contribution in [0.25, 0.3) is 0 Å². The number of carbonyl (C=O) groups is 2. The van der Waals surface area contributed by atoms with Crippen molar-refractivity contribution in [3.8, 4) is 0 Å². The highest BCUT2D eigenvalue weighted by molar-refractivity contribution is 7.99. The zero-order valence-electron chi connectivity index (χ0n) is 21.7. The van der Waals surface area contributed by atoms with Crippen LogP contribution in [-0.4, -0.2) is 83.3 Å². The minimum absolute atomic E-state index is 0.0244. The van der Waals surface area contributed by atoms with E-state index in [0.29, 0.717) is 31.1 Å². The van der Waals surface area contributed by atoms with E-state index in [9.17, 15) is 22.8 Å². The summed E-state index contributed by atoms with van der Waals surface area (Å²) in [6.07, 6.45) is 2.50. The number of ether oxygens (including phenoxy) is 1. The van der Waals surface area contributed by atoms with Gasteiger partial charge in [0.2, 0.25) is 5.91 Å². The zero-order chi connectivity index (χ0) is 27.4. The average Bonchev–Trinajstić information content (AvgIpc) is 3.11. The van der Waals surface area contributed by atoms with E-state index in [4.69, 9.17) is 4.74 Å². The van der Waals surface area contributed by atoms with Crippen LogP contribution in [0.4, 0.5) is 13.2 Å². The standard InChI is InChI=1S/C28H33F3N4O3S/c29-28(30,31)21-6-5-20-7-10-34(27(37)23(20)13-21)17-26(36)33-24-15-35(22-4-2-11-38-12-8-22)16-25(24)39-18-19-3-1-9-32-14-19/h1,3,5-6,9,13-14,22,24-25H,2,4,7-8,10-12,15-18H2,(H,33,36)/t22?,24?,25-/m0/s1. The molecule has 3 aliphatic heterocycles. The molecule has 11 heteroatoms. The Morgan fingerprint density at radius 2 is 2.05 bits per heavy atom. The molecule has 3 atom stereocenters. The molecule has 39 heavy (non-hydrogen) atoms. The Morgan fingerprint density at radius 1 is 1.18 bits per heavy atom. The van der Waals surface area contributed by atoms with Gasteiger partial charge in [-0.3, -0.25) is 19.5 Å². The smallest absolute Gasteiger partial charge is 0.381 e. The van der Waals surface area contributed by atoms with Crippen molar-refractivity contribution in [2.24, 2.45) is 0 Å². The van der Waals surface area contributed by atoms with E-state index in [1.165, 1.54) is 11.0 Å². The molecule has 0 bridgehead atoms. The number of benzene rings is 1. The van der Waals surface area contributed by atoms with Gasteiger partial charge in [0.15, 0.2) is 0 Å². The SMILES string of the molecule is O=C(CN1CCc2ccc(C(F)(F)F)cc2C1=O)NC1CN(C2CCCOCC2)C[C@@H]1SCc1cccnc1. The highest BCUT2D eigenvalue weighted by Crippen LogP contribution is 2.33. The number of hydrogen-bond donors (Lipinski definition) is 1. The molecule has 3 aliphatic rings. The fourth-order valence-corrected chi connectivity index (χ4v) is 6.88. The van der Waals surface area contributed by atoms with Crippen LogP contribution < -0.4 is 5.32 Å². The number of thioether (sulfide) groups is 1. The van der Waals surface area contributed by atoms with Gasteiger partial charge in [-0.2, -0.15) is 24.9 Å². The second-order valence-corrected chi connectivity index (χ2v) is 11.6. The van der Waals surface area contributed by atoms with Crippen molar-refractivity contribution in [2.45, 2.75) is 54.9 Å². The summed E-state index contributed by atoms with van der Waals surface area (Å²) >= 11 is 1.79. The monoisotopic (exact) mass is 562 g/mol. The average molecular weight is 563 g/mol. The van der Waals surface area contributed by atoms with Gasteiger partial charge in [-0.1, -0.05) is 12.1 Å². The Morgan fingerprint density at radius 3 is 2.85 bits per heavy atom. The third kappa shape index (κ3) is 6.93. The molecular formula is C28H33F3N4O3S. The lowest BCUT2D eigenvalue weighted by Crippen LogP contribution is -2.49. The van der Waals surface area contributed by atoms with E-state index in [-0.39, 0.29) is 29.3 Å². The highest BCUT2D eigenvalue weighted by Gasteiger charge is 2.38. The van der Waals surface area contributed by atoms with Crippen LogP contribution in [0.2, 0.25) is 0 Å². The zero-order valence-corrected chi connectivity index (χ0v) is 22.5. The normalized spacial score (nSPS) is 24.3. The molecule has 1 N–H and O–H groups in total. The Bertz CT molecular complexity index is 1160. The number of halogens is 3. The van der Waals surface area contributed by atoms with Crippen LogP contribution in [-0.2, 0) is 27.9 Å². The summed E-state index contributed by atoms with van der Waals surface area (Å²) in [4.78, 5) is 34.2. The second-order valence-electron chi connectivity index (χ2n) is 10.4. The van der Waals surface area contributed by atoms with Gasteiger partial charge in [-0.25, -0.2) is 0 Å². The van der Waals surface area contributed by atoms with Gasteiger partial charge in [0.05, 0.1) is 18.2 Å². The quantitative estimate of drug-likeness (QED) is 0.554. The summed E-state index contributed by atoms with van der Waals surface area (Å²) in [5.74, 6) is -0.0524. The predicted octanol–water partition coefficient (Wildman–Crippen LogP) is 3.77. The van der Waals surface area contributed by atoms with Gasteiger partial charge in [0.25, 0.3) is 5.91 Å². The second kappa shape index (κ2) is 12.3. The number of rotatable bonds is 7. The molecule has 5 rings (SSSR count). The first kappa shape index (κ1) is 27.9. The van der Waals surface area contributed by atoms with E-state index >= 15 is 0 Å². The van der Waals surface area contributed by atoms with E-state index < -0.39 is 17.6 Å². The lowest BCUT2D eigenvalue weighted by Gasteiger charge is -2.29. The first-order chi connectivity index (χ1) is 18.8. The fraction of sp³-hybridized carbons (Fsp3) is 0.536. The van der Waals surface area contributed by atoms with Crippen molar-refractivity contribution in [1.82, 2.24) is 20.1 Å².